The van der Waals surface area contributed by atoms with E-state index in [9.17, 15) is 9.59 Å². The smallest absolute Gasteiger partial charge is 0.240 e. The van der Waals surface area contributed by atoms with Crippen molar-refractivity contribution < 1.29 is 9.59 Å². The Labute approximate surface area is 134 Å². The molecule has 21 heavy (non-hydrogen) atoms. The number of hydrogen-bond donors (Lipinski definition) is 0. The summed E-state index contributed by atoms with van der Waals surface area (Å²) in [5, 5.41) is 0.807. The molecule has 112 valence electrons. The third-order valence-electron chi connectivity index (χ3n) is 5.57. The minimum absolute atomic E-state index is 0.146. The summed E-state index contributed by atoms with van der Waals surface area (Å²) in [5.41, 5.74) is -0.421. The van der Waals surface area contributed by atoms with Crippen LogP contribution in [0.25, 0.3) is 0 Å². The molecule has 2 fully saturated rings. The number of anilines is 1. The van der Waals surface area contributed by atoms with E-state index in [4.69, 9.17) is 23.2 Å². The maximum absolute atomic E-state index is 13.0. The zero-order valence-electron chi connectivity index (χ0n) is 12.2. The van der Waals surface area contributed by atoms with E-state index >= 15 is 0 Å². The average molecular weight is 326 g/mol. The first kappa shape index (κ1) is 14.9. The van der Waals surface area contributed by atoms with E-state index in [0.29, 0.717) is 15.7 Å². The fourth-order valence-electron chi connectivity index (χ4n) is 3.71. The van der Waals surface area contributed by atoms with Crippen molar-refractivity contribution in [2.24, 2.45) is 16.7 Å². The number of nitrogens with zero attached hydrogens (tertiary/aromatic N) is 1. The lowest BCUT2D eigenvalue weighted by Crippen LogP contribution is -2.59. The van der Waals surface area contributed by atoms with Crippen molar-refractivity contribution in [1.82, 2.24) is 0 Å². The molecule has 2 amide bonds. The van der Waals surface area contributed by atoms with E-state index in [0.717, 1.165) is 12.8 Å². The third kappa shape index (κ3) is 1.80. The van der Waals surface area contributed by atoms with Crippen LogP contribution in [0, 0.1) is 16.7 Å². The Morgan fingerprint density at radius 2 is 1.86 bits per heavy atom. The molecular weight excluding hydrogens is 309 g/mol. The second-order valence-electron chi connectivity index (χ2n) is 6.72. The Morgan fingerprint density at radius 1 is 1.19 bits per heavy atom. The van der Waals surface area contributed by atoms with Crippen LogP contribution in [0.2, 0.25) is 10.0 Å². The van der Waals surface area contributed by atoms with Gasteiger partial charge in [-0.1, -0.05) is 44.0 Å². The monoisotopic (exact) mass is 325 g/mol. The maximum Gasteiger partial charge on any atom is 0.240 e. The highest BCUT2D eigenvalue weighted by Gasteiger charge is 2.64. The van der Waals surface area contributed by atoms with E-state index in [1.807, 2.05) is 20.8 Å². The van der Waals surface area contributed by atoms with E-state index < -0.39 is 5.41 Å². The zero-order valence-corrected chi connectivity index (χ0v) is 13.8. The minimum Gasteiger partial charge on any atom is -0.274 e. The molecule has 3 rings (SSSR count). The number of halogens is 2. The summed E-state index contributed by atoms with van der Waals surface area (Å²) in [6.07, 6.45) is 1.48. The SMILES string of the molecule is CC12CCC(C(=O)N(c3ccc(Cl)cc3Cl)C1=O)C2(C)C. The van der Waals surface area contributed by atoms with Gasteiger partial charge < -0.3 is 0 Å². The van der Waals surface area contributed by atoms with Gasteiger partial charge in [-0.15, -0.1) is 0 Å². The molecule has 2 atom stereocenters. The number of fused-ring (bicyclic) bond motifs is 2. The van der Waals surface area contributed by atoms with Gasteiger partial charge in [-0.3, -0.25) is 9.59 Å². The number of imide groups is 1. The molecule has 3 nitrogen and oxygen atoms in total. The molecule has 1 aliphatic heterocycles. The van der Waals surface area contributed by atoms with Gasteiger partial charge >= 0.3 is 0 Å². The largest absolute Gasteiger partial charge is 0.274 e. The number of carbonyl (C=O) groups excluding carboxylic acids is 2. The standard InChI is InChI=1S/C16H17Cl2NO2/c1-15(2)10-6-7-16(15,3)14(21)19(13(10)20)12-5-4-9(17)8-11(12)18/h4-5,8,10H,6-7H2,1-3H3. The predicted molar refractivity (Wildman–Crippen MR) is 83.6 cm³/mol. The molecule has 5 heteroatoms. The first-order chi connectivity index (χ1) is 9.70. The van der Waals surface area contributed by atoms with Gasteiger partial charge in [-0.25, -0.2) is 4.90 Å². The Hall–Kier alpha value is -1.06. The van der Waals surface area contributed by atoms with E-state index in [1.165, 1.54) is 4.90 Å². The minimum atomic E-state index is -0.533. The molecule has 0 spiro atoms. The van der Waals surface area contributed by atoms with Crippen LogP contribution in [0.1, 0.15) is 33.6 Å². The van der Waals surface area contributed by atoms with Crippen molar-refractivity contribution in [3.63, 3.8) is 0 Å². The van der Waals surface area contributed by atoms with Gasteiger partial charge in [0.05, 0.1) is 16.1 Å². The predicted octanol–water partition coefficient (Wildman–Crippen LogP) is 4.31. The van der Waals surface area contributed by atoms with E-state index in [1.54, 1.807) is 18.2 Å². The van der Waals surface area contributed by atoms with Crippen LogP contribution >= 0.6 is 23.2 Å². The van der Waals surface area contributed by atoms with Gasteiger partial charge in [0.15, 0.2) is 0 Å². The number of benzene rings is 1. The summed E-state index contributed by atoms with van der Waals surface area (Å²) in [5.74, 6) is -0.452. The number of carbonyl (C=O) groups is 2. The quantitative estimate of drug-likeness (QED) is 0.721. The van der Waals surface area contributed by atoms with Crippen LogP contribution in [0.5, 0.6) is 0 Å². The Bertz CT molecular complexity index is 656. The van der Waals surface area contributed by atoms with Crippen LogP contribution in [0.4, 0.5) is 5.69 Å². The maximum atomic E-state index is 13.0. The highest BCUT2D eigenvalue weighted by molar-refractivity contribution is 6.38. The summed E-state index contributed by atoms with van der Waals surface area (Å²) in [4.78, 5) is 27.1. The van der Waals surface area contributed by atoms with Gasteiger partial charge in [-0.2, -0.15) is 0 Å². The molecule has 1 aromatic carbocycles. The molecule has 2 unspecified atom stereocenters. The van der Waals surface area contributed by atoms with Crippen LogP contribution in [-0.2, 0) is 9.59 Å². The lowest BCUT2D eigenvalue weighted by atomic mass is 9.62. The third-order valence-corrected chi connectivity index (χ3v) is 6.11. The zero-order chi connectivity index (χ0) is 15.6. The molecule has 0 radical (unpaired) electrons. The van der Waals surface area contributed by atoms with Gasteiger partial charge in [-0.05, 0) is 36.5 Å². The highest BCUT2D eigenvalue weighted by atomic mass is 35.5. The lowest BCUT2D eigenvalue weighted by molar-refractivity contribution is -0.146. The average Bonchev–Trinajstić information content (AvgIpc) is 2.57. The van der Waals surface area contributed by atoms with Gasteiger partial charge in [0.2, 0.25) is 11.8 Å². The summed E-state index contributed by atoms with van der Waals surface area (Å²) in [6, 6.07) is 4.85. The Balaban J connectivity index is 2.13. The molecule has 1 saturated carbocycles. The first-order valence-electron chi connectivity index (χ1n) is 7.03. The second kappa shape index (κ2) is 4.47. The van der Waals surface area contributed by atoms with Crippen LogP contribution in [0.3, 0.4) is 0 Å². The van der Waals surface area contributed by atoms with Crippen molar-refractivity contribution >= 4 is 40.7 Å². The molecule has 1 aromatic rings. The summed E-state index contributed by atoms with van der Waals surface area (Å²) >= 11 is 12.1. The van der Waals surface area contributed by atoms with Gasteiger partial charge in [0.1, 0.15) is 0 Å². The van der Waals surface area contributed by atoms with Crippen LogP contribution < -0.4 is 4.90 Å². The Morgan fingerprint density at radius 3 is 2.48 bits per heavy atom. The molecule has 2 aliphatic rings. The summed E-state index contributed by atoms with van der Waals surface area (Å²) in [7, 11) is 0. The highest BCUT2D eigenvalue weighted by Crippen LogP contribution is 2.60. The topological polar surface area (TPSA) is 37.4 Å². The molecule has 2 bridgehead atoms. The fourth-order valence-corrected chi connectivity index (χ4v) is 4.20. The van der Waals surface area contributed by atoms with E-state index in [-0.39, 0.29) is 23.1 Å². The van der Waals surface area contributed by atoms with Gasteiger partial charge in [0, 0.05) is 10.9 Å². The fraction of sp³-hybridized carbons (Fsp3) is 0.500. The number of rotatable bonds is 1. The van der Waals surface area contributed by atoms with Crippen molar-refractivity contribution in [1.29, 1.82) is 0 Å². The summed E-state index contributed by atoms with van der Waals surface area (Å²) in [6.45, 7) is 5.99. The number of hydrogen-bond acceptors (Lipinski definition) is 2. The van der Waals surface area contributed by atoms with E-state index in [2.05, 4.69) is 0 Å². The molecule has 1 aliphatic carbocycles. The normalized spacial score (nSPS) is 30.9. The molecule has 0 aromatic heterocycles. The lowest BCUT2D eigenvalue weighted by Gasteiger charge is -2.47. The van der Waals surface area contributed by atoms with Gasteiger partial charge in [0.25, 0.3) is 0 Å². The van der Waals surface area contributed by atoms with Crippen molar-refractivity contribution in [2.75, 3.05) is 4.90 Å². The Kier molecular flexibility index (Phi) is 3.16. The van der Waals surface area contributed by atoms with Crippen LogP contribution in [-0.4, -0.2) is 11.8 Å². The molecule has 1 heterocycles. The first-order valence-corrected chi connectivity index (χ1v) is 7.79. The van der Waals surface area contributed by atoms with Crippen molar-refractivity contribution in [2.45, 2.75) is 33.6 Å². The van der Waals surface area contributed by atoms with Crippen LogP contribution in [0.15, 0.2) is 18.2 Å². The van der Waals surface area contributed by atoms with Crippen molar-refractivity contribution in [3.8, 4) is 0 Å². The molecule has 1 saturated heterocycles. The molecule has 0 N–H and O–H groups in total. The van der Waals surface area contributed by atoms with Crippen molar-refractivity contribution in [3.05, 3.63) is 28.2 Å². The number of piperidine rings is 1. The second-order valence-corrected chi connectivity index (χ2v) is 7.56. The molecular formula is C16H17Cl2NO2. The summed E-state index contributed by atoms with van der Waals surface area (Å²) < 4.78 is 0. The number of amides is 2.